The number of rotatable bonds is 14. The van der Waals surface area contributed by atoms with Crippen molar-refractivity contribution in [3.8, 4) is 11.1 Å². The van der Waals surface area contributed by atoms with Crippen LogP contribution >= 0.6 is 0 Å². The van der Waals surface area contributed by atoms with Gasteiger partial charge in [-0.1, -0.05) is 121 Å². The molecule has 9 nitrogen and oxygen atoms in total. The second-order valence-corrected chi connectivity index (χ2v) is 13.8. The molecule has 0 spiro atoms. The van der Waals surface area contributed by atoms with Crippen LogP contribution in [-0.4, -0.2) is 54.9 Å². The van der Waals surface area contributed by atoms with Gasteiger partial charge in [-0.3, -0.25) is 4.90 Å². The van der Waals surface area contributed by atoms with Crippen LogP contribution in [-0.2, 0) is 38.6 Å². The predicted molar refractivity (Wildman–Crippen MR) is 209 cm³/mol. The van der Waals surface area contributed by atoms with Gasteiger partial charge in [-0.05, 0) is 65.0 Å². The van der Waals surface area contributed by atoms with Crippen LogP contribution in [0.2, 0.25) is 0 Å². The molecule has 0 aromatic heterocycles. The quantitative estimate of drug-likeness (QED) is 0.101. The van der Waals surface area contributed by atoms with E-state index in [1.54, 1.807) is 0 Å². The summed E-state index contributed by atoms with van der Waals surface area (Å²) in [6, 6.07) is 43.0. The van der Waals surface area contributed by atoms with Gasteiger partial charge in [0.05, 0.1) is 25.9 Å². The monoisotopic (exact) mass is 727 g/mol. The lowest BCUT2D eigenvalue weighted by atomic mass is 9.98. The molecule has 5 aromatic rings. The molecule has 3 N–H and O–H groups in total. The molecule has 54 heavy (non-hydrogen) atoms. The fourth-order valence-corrected chi connectivity index (χ4v) is 6.80. The van der Waals surface area contributed by atoms with Gasteiger partial charge in [-0.25, -0.2) is 9.59 Å². The van der Waals surface area contributed by atoms with E-state index in [9.17, 15) is 14.7 Å². The number of methoxy groups -OCH3 is 1. The molecule has 0 radical (unpaired) electrons. The summed E-state index contributed by atoms with van der Waals surface area (Å²) in [6.07, 6.45) is 0.118. The highest BCUT2D eigenvalue weighted by Crippen LogP contribution is 2.39. The van der Waals surface area contributed by atoms with Crippen molar-refractivity contribution in [2.75, 3.05) is 20.7 Å². The molecule has 0 bridgehead atoms. The summed E-state index contributed by atoms with van der Waals surface area (Å²) in [5.41, 5.74) is 7.84. The van der Waals surface area contributed by atoms with Gasteiger partial charge in [0.2, 0.25) is 0 Å². The van der Waals surface area contributed by atoms with Gasteiger partial charge in [-0.2, -0.15) is 0 Å². The Hall–Kier alpha value is -5.32. The van der Waals surface area contributed by atoms with E-state index in [0.29, 0.717) is 12.8 Å². The minimum Gasteiger partial charge on any atom is -0.467 e. The number of nitrogens with one attached hydrogen (secondary N) is 2. The lowest BCUT2D eigenvalue weighted by Gasteiger charge is -2.39. The van der Waals surface area contributed by atoms with E-state index in [0.717, 1.165) is 45.5 Å². The minimum atomic E-state index is -0.817. The van der Waals surface area contributed by atoms with Crippen molar-refractivity contribution >= 4 is 12.0 Å². The first-order valence-electron chi connectivity index (χ1n) is 18.4. The van der Waals surface area contributed by atoms with Crippen molar-refractivity contribution in [3.63, 3.8) is 0 Å². The Morgan fingerprint density at radius 1 is 0.796 bits per heavy atom. The lowest BCUT2D eigenvalue weighted by Crippen LogP contribution is -2.47. The van der Waals surface area contributed by atoms with Gasteiger partial charge in [0.1, 0.15) is 6.04 Å². The number of likely N-dealkylation sites (N-methyl/N-ethyl adjacent to an activating group) is 1. The third-order valence-corrected chi connectivity index (χ3v) is 10.00. The first kappa shape index (κ1) is 38.4. The summed E-state index contributed by atoms with van der Waals surface area (Å²) >= 11 is 0. The van der Waals surface area contributed by atoms with E-state index in [1.165, 1.54) is 12.7 Å². The molecule has 0 aliphatic carbocycles. The van der Waals surface area contributed by atoms with E-state index in [1.807, 2.05) is 103 Å². The highest BCUT2D eigenvalue weighted by molar-refractivity contribution is 5.83. The lowest BCUT2D eigenvalue weighted by molar-refractivity contribution is -0.253. The van der Waals surface area contributed by atoms with Crippen molar-refractivity contribution in [2.45, 2.75) is 63.5 Å². The number of amides is 2. The Kier molecular flexibility index (Phi) is 13.2. The molecule has 9 heteroatoms. The summed E-state index contributed by atoms with van der Waals surface area (Å²) in [7, 11) is 3.44. The fourth-order valence-electron chi connectivity index (χ4n) is 6.80. The van der Waals surface area contributed by atoms with Gasteiger partial charge in [-0.15, -0.1) is 0 Å². The molecule has 6 rings (SSSR count). The largest absolute Gasteiger partial charge is 0.467 e. The molecule has 2 amide bonds. The Bertz CT molecular complexity index is 1960. The van der Waals surface area contributed by atoms with Crippen LogP contribution in [0.5, 0.6) is 0 Å². The summed E-state index contributed by atoms with van der Waals surface area (Å²) in [6.45, 7) is 3.18. The Labute approximate surface area is 317 Å². The van der Waals surface area contributed by atoms with Crippen LogP contribution in [0.1, 0.15) is 65.2 Å². The van der Waals surface area contributed by atoms with Crippen LogP contribution in [0.4, 0.5) is 4.79 Å². The van der Waals surface area contributed by atoms with Crippen LogP contribution in [0.15, 0.2) is 133 Å². The van der Waals surface area contributed by atoms with Crippen molar-refractivity contribution in [2.24, 2.45) is 0 Å². The maximum absolute atomic E-state index is 12.9. The summed E-state index contributed by atoms with van der Waals surface area (Å²) in [5.74, 6) is -0.507. The van der Waals surface area contributed by atoms with Crippen molar-refractivity contribution in [1.82, 2.24) is 15.5 Å². The number of nitrogens with zero attached hydrogens (tertiary/aromatic N) is 1. The van der Waals surface area contributed by atoms with E-state index < -0.39 is 24.3 Å². The van der Waals surface area contributed by atoms with E-state index in [-0.39, 0.29) is 31.4 Å². The van der Waals surface area contributed by atoms with Gasteiger partial charge in [0, 0.05) is 37.5 Å². The van der Waals surface area contributed by atoms with Gasteiger partial charge >= 0.3 is 12.0 Å². The Morgan fingerprint density at radius 3 is 2.17 bits per heavy atom. The molecule has 280 valence electrons. The smallest absolute Gasteiger partial charge is 0.328 e. The number of carbonyl (C=O) groups is 2. The molecule has 5 atom stereocenters. The predicted octanol–water partition coefficient (Wildman–Crippen LogP) is 7.67. The molecule has 5 unspecified atom stereocenters. The normalized spacial score (nSPS) is 18.1. The van der Waals surface area contributed by atoms with Crippen molar-refractivity contribution < 1.29 is 28.9 Å². The number of ether oxygens (including phenoxy) is 3. The number of hydrogen-bond acceptors (Lipinski definition) is 7. The third-order valence-electron chi connectivity index (χ3n) is 10.00. The van der Waals surface area contributed by atoms with E-state index in [4.69, 9.17) is 14.2 Å². The van der Waals surface area contributed by atoms with E-state index in [2.05, 4.69) is 59.8 Å². The second kappa shape index (κ2) is 18.6. The number of hydrogen-bond donors (Lipinski definition) is 3. The summed E-state index contributed by atoms with van der Waals surface area (Å²) < 4.78 is 18.3. The first-order chi connectivity index (χ1) is 26.3. The molecule has 1 aliphatic rings. The standard InChI is InChI=1S/C45H49N3O6/c1-31(35-15-8-5-9-16-35)48(2)29-40-27-42(36-22-20-33(30-49)21-23-36)54-44(53-40)39-19-11-18-38(26-39)37-17-10-14-34(24-37)28-46-45(51)47-41(43(50)52-3)25-32-12-6-4-7-13-32/h4-24,26,31,40-42,44,49H,25,27-30H2,1-3H3,(H2,46,47,51). The van der Waals surface area contributed by atoms with Crippen LogP contribution in [0.3, 0.4) is 0 Å². The number of aliphatic hydroxyl groups is 1. The second-order valence-electron chi connectivity index (χ2n) is 13.8. The highest BCUT2D eigenvalue weighted by Gasteiger charge is 2.33. The van der Waals surface area contributed by atoms with Gasteiger partial charge in [0.15, 0.2) is 6.29 Å². The van der Waals surface area contributed by atoms with Gasteiger partial charge in [0.25, 0.3) is 0 Å². The Balaban J connectivity index is 1.15. The average molecular weight is 728 g/mol. The molecule has 1 saturated heterocycles. The highest BCUT2D eigenvalue weighted by atomic mass is 16.7. The van der Waals surface area contributed by atoms with Crippen molar-refractivity contribution in [1.29, 1.82) is 0 Å². The molecule has 0 saturated carbocycles. The zero-order valence-electron chi connectivity index (χ0n) is 31.1. The average Bonchev–Trinajstić information content (AvgIpc) is 3.22. The molecule has 5 aromatic carbocycles. The topological polar surface area (TPSA) is 109 Å². The zero-order chi connectivity index (χ0) is 37.9. The number of urea groups is 1. The van der Waals surface area contributed by atoms with E-state index >= 15 is 0 Å². The number of carbonyl (C=O) groups excluding carboxylic acids is 2. The third kappa shape index (κ3) is 10.2. The Morgan fingerprint density at radius 2 is 1.46 bits per heavy atom. The summed E-state index contributed by atoms with van der Waals surface area (Å²) in [5, 5.41) is 15.3. The van der Waals surface area contributed by atoms with Crippen LogP contribution < -0.4 is 10.6 Å². The SMILES string of the molecule is COC(=O)C(Cc1ccccc1)NC(=O)NCc1cccc(-c2cccc(C3OC(CN(C)C(C)c4ccccc4)CC(c4ccc(CO)cc4)O3)c2)c1. The van der Waals surface area contributed by atoms with Crippen LogP contribution in [0, 0.1) is 0 Å². The van der Waals surface area contributed by atoms with Crippen LogP contribution in [0.25, 0.3) is 11.1 Å². The summed E-state index contributed by atoms with van der Waals surface area (Å²) in [4.78, 5) is 27.7. The molecular formula is C45H49N3O6. The molecule has 1 fully saturated rings. The number of esters is 1. The first-order valence-corrected chi connectivity index (χ1v) is 18.4. The molecular weight excluding hydrogens is 679 g/mol. The minimum absolute atomic E-state index is 0.00972. The maximum atomic E-state index is 12.9. The zero-order valence-corrected chi connectivity index (χ0v) is 31.1. The molecule has 1 heterocycles. The van der Waals surface area contributed by atoms with Crippen molar-refractivity contribution in [3.05, 3.63) is 167 Å². The number of benzene rings is 5. The number of aliphatic hydroxyl groups excluding tert-OH is 1. The molecule has 1 aliphatic heterocycles. The maximum Gasteiger partial charge on any atom is 0.328 e. The van der Waals surface area contributed by atoms with Gasteiger partial charge < -0.3 is 30.0 Å². The fraction of sp³-hybridized carbons (Fsp3) is 0.289.